The third kappa shape index (κ3) is 6.16. The molecule has 4 rings (SSSR count). The van der Waals surface area contributed by atoms with E-state index in [1.807, 2.05) is 55.5 Å². The molecule has 0 radical (unpaired) electrons. The van der Waals surface area contributed by atoms with Crippen LogP contribution in [0.25, 0.3) is 0 Å². The summed E-state index contributed by atoms with van der Waals surface area (Å²) >= 11 is 0. The van der Waals surface area contributed by atoms with Gasteiger partial charge in [-0.1, -0.05) is 55.2 Å². The Labute approximate surface area is 217 Å². The Bertz CT molecular complexity index is 1300. The second-order valence-electron chi connectivity index (χ2n) is 9.37. The average molecular weight is 498 g/mol. The first-order valence-electron chi connectivity index (χ1n) is 12.3. The first-order valence-corrected chi connectivity index (χ1v) is 12.3. The van der Waals surface area contributed by atoms with Gasteiger partial charge < -0.3 is 19.6 Å². The molecule has 7 heteroatoms. The van der Waals surface area contributed by atoms with Gasteiger partial charge in [0.1, 0.15) is 11.7 Å². The van der Waals surface area contributed by atoms with Crippen LogP contribution < -0.4 is 4.74 Å². The lowest BCUT2D eigenvalue weighted by molar-refractivity contribution is 0.0313. The number of ether oxygens (including phenoxy) is 1. The van der Waals surface area contributed by atoms with Gasteiger partial charge in [-0.25, -0.2) is 4.98 Å². The summed E-state index contributed by atoms with van der Waals surface area (Å²) in [5.74, 6) is 5.84. The number of pyridine rings is 1. The van der Waals surface area contributed by atoms with Crippen molar-refractivity contribution < 1.29 is 19.4 Å². The van der Waals surface area contributed by atoms with E-state index in [0.717, 1.165) is 5.56 Å². The topological polar surface area (TPSA) is 83.0 Å². The van der Waals surface area contributed by atoms with Gasteiger partial charge in [-0.2, -0.15) is 0 Å². The summed E-state index contributed by atoms with van der Waals surface area (Å²) in [5, 5.41) is 9.86. The summed E-state index contributed by atoms with van der Waals surface area (Å²) < 4.78 is 6.29. The summed E-state index contributed by atoms with van der Waals surface area (Å²) in [5.41, 5.74) is 2.31. The zero-order valence-corrected chi connectivity index (χ0v) is 21.3. The van der Waals surface area contributed by atoms with E-state index in [1.165, 1.54) is 0 Å². The number of nitrogens with zero attached hydrogens (tertiary/aromatic N) is 3. The molecule has 0 saturated heterocycles. The summed E-state index contributed by atoms with van der Waals surface area (Å²) in [4.78, 5) is 34.3. The molecule has 0 spiro atoms. The smallest absolute Gasteiger partial charge is 0.259 e. The predicted molar refractivity (Wildman–Crippen MR) is 141 cm³/mol. The van der Waals surface area contributed by atoms with Crippen molar-refractivity contribution in [1.82, 2.24) is 14.8 Å². The van der Waals surface area contributed by atoms with Gasteiger partial charge in [0.2, 0.25) is 5.88 Å². The average Bonchev–Trinajstić information content (AvgIpc) is 2.94. The largest absolute Gasteiger partial charge is 0.472 e. The van der Waals surface area contributed by atoms with Crippen LogP contribution in [-0.4, -0.2) is 70.6 Å². The minimum absolute atomic E-state index is 0.116. The highest BCUT2D eigenvalue weighted by molar-refractivity contribution is 5.97. The van der Waals surface area contributed by atoms with E-state index in [4.69, 9.17) is 4.74 Å². The second kappa shape index (κ2) is 11.7. The fourth-order valence-corrected chi connectivity index (χ4v) is 4.21. The number of hydrogen-bond acceptors (Lipinski definition) is 5. The SMILES string of the molecule is C[C@H](CO)N1C[C@H](C)[C@H](CN(C)C(=O)c2ccccc2)Oc2ncc(C#Cc3ccccc3)cc2C1=O. The second-order valence-corrected chi connectivity index (χ2v) is 9.37. The molecule has 0 fully saturated rings. The van der Waals surface area contributed by atoms with Gasteiger partial charge in [0, 0.05) is 42.4 Å². The highest BCUT2D eigenvalue weighted by Crippen LogP contribution is 2.27. The lowest BCUT2D eigenvalue weighted by Gasteiger charge is -2.37. The van der Waals surface area contributed by atoms with Gasteiger partial charge in [0.25, 0.3) is 11.8 Å². The van der Waals surface area contributed by atoms with Gasteiger partial charge in [-0.15, -0.1) is 0 Å². The molecule has 0 aliphatic carbocycles. The minimum atomic E-state index is -0.424. The Morgan fingerprint density at radius 3 is 2.46 bits per heavy atom. The van der Waals surface area contributed by atoms with Crippen LogP contribution in [0.4, 0.5) is 0 Å². The van der Waals surface area contributed by atoms with Crippen molar-refractivity contribution in [1.29, 1.82) is 0 Å². The van der Waals surface area contributed by atoms with Crippen LogP contribution in [0, 0.1) is 17.8 Å². The molecule has 1 aliphatic rings. The quantitative estimate of drug-likeness (QED) is 0.546. The number of benzene rings is 2. The Hall–Kier alpha value is -4.15. The van der Waals surface area contributed by atoms with Gasteiger partial charge in [0.05, 0.1) is 19.2 Å². The van der Waals surface area contributed by atoms with Crippen molar-refractivity contribution in [2.75, 3.05) is 26.7 Å². The van der Waals surface area contributed by atoms with E-state index in [0.29, 0.717) is 24.2 Å². The van der Waals surface area contributed by atoms with Crippen molar-refractivity contribution in [3.63, 3.8) is 0 Å². The first kappa shape index (κ1) is 25.9. The van der Waals surface area contributed by atoms with Crippen molar-refractivity contribution >= 4 is 11.8 Å². The lowest BCUT2D eigenvalue weighted by Crippen LogP contribution is -2.50. The maximum absolute atomic E-state index is 13.6. The maximum atomic E-state index is 13.6. The van der Waals surface area contributed by atoms with Crippen LogP contribution in [0.1, 0.15) is 45.7 Å². The molecule has 0 bridgehead atoms. The van der Waals surface area contributed by atoms with E-state index in [1.54, 1.807) is 48.2 Å². The highest BCUT2D eigenvalue weighted by atomic mass is 16.5. The number of fused-ring (bicyclic) bond motifs is 1. The number of amides is 2. The third-order valence-corrected chi connectivity index (χ3v) is 6.47. The van der Waals surface area contributed by atoms with Crippen LogP contribution in [-0.2, 0) is 0 Å². The number of carbonyl (C=O) groups is 2. The molecule has 7 nitrogen and oxygen atoms in total. The zero-order valence-electron chi connectivity index (χ0n) is 21.3. The Morgan fingerprint density at radius 1 is 1.14 bits per heavy atom. The van der Waals surface area contributed by atoms with Gasteiger partial charge in [-0.05, 0) is 37.3 Å². The number of aliphatic hydroxyl groups is 1. The standard InChI is InChI=1S/C30H31N3O4/c1-21-18-33(22(2)20-34)30(36)26-16-24(15-14-23-10-6-4-7-11-23)17-31-28(26)37-27(21)19-32(3)29(35)25-12-8-5-9-13-25/h4-13,16-17,21-22,27,34H,18-20H2,1-3H3/t21-,22+,27-/m0/s1. The Balaban J connectivity index is 1.65. The molecule has 1 aromatic heterocycles. The molecular weight excluding hydrogens is 466 g/mol. The molecule has 1 N–H and O–H groups in total. The zero-order chi connectivity index (χ0) is 26.4. The van der Waals surface area contributed by atoms with Gasteiger partial charge in [-0.3, -0.25) is 9.59 Å². The van der Waals surface area contributed by atoms with Crippen LogP contribution in [0.2, 0.25) is 0 Å². The molecule has 0 saturated carbocycles. The molecule has 2 amide bonds. The number of rotatable bonds is 5. The summed E-state index contributed by atoms with van der Waals surface area (Å²) in [6.07, 6.45) is 1.16. The number of aromatic nitrogens is 1. The van der Waals surface area contributed by atoms with Crippen LogP contribution in [0.5, 0.6) is 5.88 Å². The molecule has 190 valence electrons. The monoisotopic (exact) mass is 497 g/mol. The molecular formula is C30H31N3O4. The number of aliphatic hydroxyl groups excluding tert-OH is 1. The molecule has 0 unspecified atom stereocenters. The number of likely N-dealkylation sites (N-methyl/N-ethyl adjacent to an activating group) is 1. The van der Waals surface area contributed by atoms with E-state index >= 15 is 0 Å². The Morgan fingerprint density at radius 2 is 1.78 bits per heavy atom. The van der Waals surface area contributed by atoms with E-state index in [-0.39, 0.29) is 35.8 Å². The predicted octanol–water partition coefficient (Wildman–Crippen LogP) is 3.47. The maximum Gasteiger partial charge on any atom is 0.259 e. The molecule has 3 atom stereocenters. The minimum Gasteiger partial charge on any atom is -0.472 e. The third-order valence-electron chi connectivity index (χ3n) is 6.47. The lowest BCUT2D eigenvalue weighted by atomic mass is 9.99. The Kier molecular flexibility index (Phi) is 8.22. The molecule has 1 aliphatic heterocycles. The molecule has 3 aromatic rings. The fourth-order valence-electron chi connectivity index (χ4n) is 4.21. The highest BCUT2D eigenvalue weighted by Gasteiger charge is 2.34. The summed E-state index contributed by atoms with van der Waals surface area (Å²) in [6.45, 7) is 4.27. The van der Waals surface area contributed by atoms with Gasteiger partial charge >= 0.3 is 0 Å². The van der Waals surface area contributed by atoms with Crippen molar-refractivity contribution in [3.8, 4) is 17.7 Å². The number of hydrogen-bond donors (Lipinski definition) is 1. The normalized spacial score (nSPS) is 17.8. The van der Waals surface area contributed by atoms with Crippen molar-refractivity contribution in [3.05, 3.63) is 95.2 Å². The van der Waals surface area contributed by atoms with E-state index < -0.39 is 12.1 Å². The van der Waals surface area contributed by atoms with Crippen LogP contribution >= 0.6 is 0 Å². The van der Waals surface area contributed by atoms with Crippen LogP contribution in [0.15, 0.2) is 72.9 Å². The summed E-state index contributed by atoms with van der Waals surface area (Å²) in [6, 6.07) is 19.9. The molecule has 37 heavy (non-hydrogen) atoms. The van der Waals surface area contributed by atoms with Crippen LogP contribution in [0.3, 0.4) is 0 Å². The van der Waals surface area contributed by atoms with E-state index in [9.17, 15) is 14.7 Å². The van der Waals surface area contributed by atoms with E-state index in [2.05, 4.69) is 16.8 Å². The molecule has 2 aromatic carbocycles. The fraction of sp³-hybridized carbons (Fsp3) is 0.300. The van der Waals surface area contributed by atoms with Gasteiger partial charge in [0.15, 0.2) is 0 Å². The van der Waals surface area contributed by atoms with Crippen molar-refractivity contribution in [2.45, 2.75) is 26.0 Å². The summed E-state index contributed by atoms with van der Waals surface area (Å²) in [7, 11) is 1.74. The molecule has 2 heterocycles. The van der Waals surface area contributed by atoms with Crippen molar-refractivity contribution in [2.24, 2.45) is 5.92 Å². The first-order chi connectivity index (χ1) is 17.9. The number of carbonyl (C=O) groups excluding carboxylic acids is 2.